The van der Waals surface area contributed by atoms with Crippen LogP contribution in [0.2, 0.25) is 0 Å². The van der Waals surface area contributed by atoms with Crippen LogP contribution in [0.15, 0.2) is 17.0 Å². The zero-order valence-corrected chi connectivity index (χ0v) is 13.3. The Kier molecular flexibility index (Phi) is 4.12. The van der Waals surface area contributed by atoms with Crippen LogP contribution in [0.4, 0.5) is 5.69 Å². The van der Waals surface area contributed by atoms with E-state index < -0.39 is 10.0 Å². The molecular formula is C15H24N2O2S. The van der Waals surface area contributed by atoms with E-state index in [9.17, 15) is 8.42 Å². The van der Waals surface area contributed by atoms with E-state index in [0.29, 0.717) is 12.2 Å². The number of benzene rings is 1. The lowest BCUT2D eigenvalue weighted by Crippen LogP contribution is -2.34. The summed E-state index contributed by atoms with van der Waals surface area (Å²) in [6, 6.07) is 3.38. The molecule has 4 nitrogen and oxygen atoms in total. The van der Waals surface area contributed by atoms with Crippen LogP contribution in [0.5, 0.6) is 0 Å². The number of nitrogens with one attached hydrogen (secondary N) is 1. The largest absolute Gasteiger partial charge is 0.398 e. The number of nitrogens with two attached hydrogens (primary N) is 1. The van der Waals surface area contributed by atoms with E-state index in [1.165, 1.54) is 12.8 Å². The van der Waals surface area contributed by atoms with Gasteiger partial charge in [-0.05, 0) is 55.4 Å². The van der Waals surface area contributed by atoms with Gasteiger partial charge in [0.25, 0.3) is 0 Å². The second-order valence-electron chi connectivity index (χ2n) is 6.32. The molecule has 1 aromatic rings. The smallest absolute Gasteiger partial charge is 0.242 e. The SMILES string of the molecule is Cc1cc(N)c(S(=O)(=O)NCC2(C)CCCC2)cc1C. The lowest BCUT2D eigenvalue weighted by atomic mass is 9.89. The number of hydrogen-bond donors (Lipinski definition) is 2. The summed E-state index contributed by atoms with van der Waals surface area (Å²) in [5, 5.41) is 0. The molecule has 112 valence electrons. The standard InChI is InChI=1S/C15H24N2O2S/c1-11-8-13(16)14(9-12(11)2)20(18,19)17-10-15(3)6-4-5-7-15/h8-9,17H,4-7,10,16H2,1-3H3. The molecule has 0 spiro atoms. The van der Waals surface area contributed by atoms with Gasteiger partial charge in [0.15, 0.2) is 0 Å². The van der Waals surface area contributed by atoms with Gasteiger partial charge < -0.3 is 5.73 Å². The minimum absolute atomic E-state index is 0.0849. The summed E-state index contributed by atoms with van der Waals surface area (Å²) in [6.45, 7) is 6.45. The molecule has 0 radical (unpaired) electrons. The number of hydrogen-bond acceptors (Lipinski definition) is 3. The maximum absolute atomic E-state index is 12.4. The molecule has 3 N–H and O–H groups in total. The van der Waals surface area contributed by atoms with E-state index in [-0.39, 0.29) is 10.3 Å². The summed E-state index contributed by atoms with van der Waals surface area (Å²) in [6.07, 6.45) is 4.53. The molecule has 0 amide bonds. The Morgan fingerprint density at radius 3 is 2.35 bits per heavy atom. The van der Waals surface area contributed by atoms with Crippen LogP contribution in [0.25, 0.3) is 0 Å². The van der Waals surface area contributed by atoms with Crippen molar-refractivity contribution in [3.63, 3.8) is 0 Å². The van der Waals surface area contributed by atoms with Crippen molar-refractivity contribution >= 4 is 15.7 Å². The van der Waals surface area contributed by atoms with Crippen molar-refractivity contribution < 1.29 is 8.42 Å². The predicted octanol–water partition coefficient (Wildman–Crippen LogP) is 2.74. The van der Waals surface area contributed by atoms with Crippen LogP contribution in [-0.2, 0) is 10.0 Å². The predicted molar refractivity (Wildman–Crippen MR) is 82.1 cm³/mol. The van der Waals surface area contributed by atoms with Gasteiger partial charge in [0.2, 0.25) is 10.0 Å². The summed E-state index contributed by atoms with van der Waals surface area (Å²) in [5.74, 6) is 0. The third-order valence-electron chi connectivity index (χ3n) is 4.42. The van der Waals surface area contributed by atoms with Crippen LogP contribution in [0.3, 0.4) is 0 Å². The Labute approximate surface area is 121 Å². The van der Waals surface area contributed by atoms with E-state index in [1.807, 2.05) is 13.8 Å². The molecular weight excluding hydrogens is 272 g/mol. The summed E-state index contributed by atoms with van der Waals surface area (Å²) in [7, 11) is -3.53. The molecule has 1 aliphatic rings. The molecule has 5 heteroatoms. The minimum Gasteiger partial charge on any atom is -0.398 e. The Bertz CT molecular complexity index is 603. The van der Waals surface area contributed by atoms with Gasteiger partial charge in [-0.3, -0.25) is 0 Å². The van der Waals surface area contributed by atoms with Gasteiger partial charge in [-0.1, -0.05) is 19.8 Å². The third-order valence-corrected chi connectivity index (χ3v) is 5.87. The van der Waals surface area contributed by atoms with E-state index in [2.05, 4.69) is 11.6 Å². The van der Waals surface area contributed by atoms with E-state index >= 15 is 0 Å². The normalized spacial score (nSPS) is 18.4. The molecule has 20 heavy (non-hydrogen) atoms. The average Bonchev–Trinajstić information content (AvgIpc) is 2.79. The van der Waals surface area contributed by atoms with Crippen molar-refractivity contribution in [1.82, 2.24) is 4.72 Å². The quantitative estimate of drug-likeness (QED) is 0.839. The molecule has 0 aromatic heterocycles. The molecule has 1 aliphatic carbocycles. The first-order valence-electron chi connectivity index (χ1n) is 7.10. The van der Waals surface area contributed by atoms with E-state index in [0.717, 1.165) is 24.0 Å². The van der Waals surface area contributed by atoms with Crippen molar-refractivity contribution in [1.29, 1.82) is 0 Å². The molecule has 0 atom stereocenters. The second kappa shape index (κ2) is 5.37. The van der Waals surface area contributed by atoms with Crippen molar-refractivity contribution in [2.24, 2.45) is 5.41 Å². The fourth-order valence-corrected chi connectivity index (χ4v) is 4.19. The second-order valence-corrected chi connectivity index (χ2v) is 8.05. The summed E-state index contributed by atoms with van der Waals surface area (Å²) < 4.78 is 27.6. The summed E-state index contributed by atoms with van der Waals surface area (Å²) in [4.78, 5) is 0.196. The molecule has 0 heterocycles. The highest BCUT2D eigenvalue weighted by Gasteiger charge is 2.30. The molecule has 1 saturated carbocycles. The van der Waals surface area contributed by atoms with Crippen molar-refractivity contribution in [2.75, 3.05) is 12.3 Å². The van der Waals surface area contributed by atoms with Crippen LogP contribution in [-0.4, -0.2) is 15.0 Å². The monoisotopic (exact) mass is 296 g/mol. The fraction of sp³-hybridized carbons (Fsp3) is 0.600. The highest BCUT2D eigenvalue weighted by atomic mass is 32.2. The number of nitrogen functional groups attached to an aromatic ring is 1. The van der Waals surface area contributed by atoms with E-state index in [4.69, 9.17) is 5.73 Å². The van der Waals surface area contributed by atoms with Gasteiger partial charge in [-0.25, -0.2) is 13.1 Å². The van der Waals surface area contributed by atoms with Crippen molar-refractivity contribution in [2.45, 2.75) is 51.3 Å². The Morgan fingerprint density at radius 1 is 1.20 bits per heavy atom. The molecule has 0 bridgehead atoms. The van der Waals surface area contributed by atoms with Gasteiger partial charge in [0.1, 0.15) is 4.90 Å². The van der Waals surface area contributed by atoms with Gasteiger partial charge in [0.05, 0.1) is 5.69 Å². The van der Waals surface area contributed by atoms with Crippen LogP contribution >= 0.6 is 0 Å². The Morgan fingerprint density at radius 2 is 1.75 bits per heavy atom. The molecule has 0 aliphatic heterocycles. The lowest BCUT2D eigenvalue weighted by molar-refractivity contribution is 0.336. The van der Waals surface area contributed by atoms with Crippen LogP contribution in [0.1, 0.15) is 43.7 Å². The van der Waals surface area contributed by atoms with Gasteiger partial charge in [-0.15, -0.1) is 0 Å². The Balaban J connectivity index is 2.20. The van der Waals surface area contributed by atoms with Gasteiger partial charge >= 0.3 is 0 Å². The number of aryl methyl sites for hydroxylation is 2. The number of anilines is 1. The molecule has 2 rings (SSSR count). The summed E-state index contributed by atoms with van der Waals surface area (Å²) >= 11 is 0. The molecule has 1 aromatic carbocycles. The Hall–Kier alpha value is -1.07. The minimum atomic E-state index is -3.53. The van der Waals surface area contributed by atoms with Crippen LogP contribution in [0, 0.1) is 19.3 Å². The first-order chi connectivity index (χ1) is 9.23. The maximum atomic E-state index is 12.4. The molecule has 1 fully saturated rings. The topological polar surface area (TPSA) is 72.2 Å². The zero-order chi connectivity index (χ0) is 15.0. The lowest BCUT2D eigenvalue weighted by Gasteiger charge is -2.24. The van der Waals surface area contributed by atoms with Gasteiger partial charge in [0, 0.05) is 6.54 Å². The van der Waals surface area contributed by atoms with Gasteiger partial charge in [-0.2, -0.15) is 0 Å². The molecule has 0 unspecified atom stereocenters. The first-order valence-corrected chi connectivity index (χ1v) is 8.58. The highest BCUT2D eigenvalue weighted by Crippen LogP contribution is 2.37. The van der Waals surface area contributed by atoms with E-state index in [1.54, 1.807) is 12.1 Å². The zero-order valence-electron chi connectivity index (χ0n) is 12.5. The van der Waals surface area contributed by atoms with Crippen molar-refractivity contribution in [3.8, 4) is 0 Å². The first kappa shape index (κ1) is 15.3. The highest BCUT2D eigenvalue weighted by molar-refractivity contribution is 7.89. The third kappa shape index (κ3) is 3.15. The van der Waals surface area contributed by atoms with Crippen molar-refractivity contribution in [3.05, 3.63) is 23.3 Å². The number of sulfonamides is 1. The number of rotatable bonds is 4. The van der Waals surface area contributed by atoms with Crippen LogP contribution < -0.4 is 10.5 Å². The fourth-order valence-electron chi connectivity index (χ4n) is 2.80. The average molecular weight is 296 g/mol. The molecule has 0 saturated heterocycles. The maximum Gasteiger partial charge on any atom is 0.242 e. The summed E-state index contributed by atoms with van der Waals surface area (Å²) in [5.41, 5.74) is 8.22.